The number of benzene rings is 1. The van der Waals surface area contributed by atoms with E-state index in [1.807, 2.05) is 0 Å². The number of amides is 2. The van der Waals surface area contributed by atoms with Gasteiger partial charge < -0.3 is 14.4 Å². The maximum Gasteiger partial charge on any atom is 0.410 e. The number of ketones is 1. The number of morpholine rings is 1. The van der Waals surface area contributed by atoms with Crippen molar-refractivity contribution in [2.24, 2.45) is 0 Å². The zero-order chi connectivity index (χ0) is 22.8. The molecule has 7 nitrogen and oxygen atoms in total. The third-order valence-electron chi connectivity index (χ3n) is 5.35. The van der Waals surface area contributed by atoms with Crippen LogP contribution in [-0.4, -0.2) is 72.1 Å². The lowest BCUT2D eigenvalue weighted by Gasteiger charge is -2.29. The first-order valence-corrected chi connectivity index (χ1v) is 10.4. The largest absolute Gasteiger partial charge is 0.444 e. The van der Waals surface area contributed by atoms with E-state index in [9.17, 15) is 23.2 Å². The van der Waals surface area contributed by atoms with Crippen molar-refractivity contribution < 1.29 is 32.6 Å². The quantitative estimate of drug-likeness (QED) is 0.676. The Morgan fingerprint density at radius 3 is 2.29 bits per heavy atom. The molecule has 0 aliphatic carbocycles. The van der Waals surface area contributed by atoms with E-state index in [1.165, 1.54) is 17.0 Å². The van der Waals surface area contributed by atoms with E-state index in [4.69, 9.17) is 9.47 Å². The molecular weight excluding hydrogens is 410 g/mol. The molecule has 9 heteroatoms. The van der Waals surface area contributed by atoms with Gasteiger partial charge in [0.1, 0.15) is 17.2 Å². The van der Waals surface area contributed by atoms with Crippen LogP contribution in [0.15, 0.2) is 18.2 Å². The highest BCUT2D eigenvalue weighted by Crippen LogP contribution is 2.34. The molecule has 2 aliphatic rings. The number of carbonyl (C=O) groups is 3. The van der Waals surface area contributed by atoms with Crippen molar-refractivity contribution in [3.63, 3.8) is 0 Å². The van der Waals surface area contributed by atoms with Crippen molar-refractivity contribution in [1.82, 2.24) is 9.80 Å². The number of rotatable bonds is 4. The minimum absolute atomic E-state index is 0.0694. The van der Waals surface area contributed by atoms with Crippen LogP contribution in [0, 0.1) is 11.6 Å². The van der Waals surface area contributed by atoms with Crippen molar-refractivity contribution in [2.45, 2.75) is 51.2 Å². The normalized spacial score (nSPS) is 21.8. The second-order valence-corrected chi connectivity index (χ2v) is 8.92. The van der Waals surface area contributed by atoms with Crippen molar-refractivity contribution in [3.05, 3.63) is 35.4 Å². The summed E-state index contributed by atoms with van der Waals surface area (Å²) < 4.78 is 38.1. The summed E-state index contributed by atoms with van der Waals surface area (Å²) in [6, 6.07) is 2.27. The van der Waals surface area contributed by atoms with Crippen LogP contribution in [0.25, 0.3) is 0 Å². The molecule has 1 aromatic carbocycles. The summed E-state index contributed by atoms with van der Waals surface area (Å²) in [5.41, 5.74) is -0.418. The topological polar surface area (TPSA) is 76.2 Å². The summed E-state index contributed by atoms with van der Waals surface area (Å²) in [4.78, 5) is 41.1. The maximum absolute atomic E-state index is 13.7. The van der Waals surface area contributed by atoms with Gasteiger partial charge in [0.25, 0.3) is 0 Å². The molecule has 0 radical (unpaired) electrons. The summed E-state index contributed by atoms with van der Waals surface area (Å²) in [6.45, 7) is 6.86. The fourth-order valence-corrected chi connectivity index (χ4v) is 3.91. The monoisotopic (exact) mass is 438 g/mol. The van der Waals surface area contributed by atoms with E-state index in [2.05, 4.69) is 0 Å². The molecule has 0 N–H and O–H groups in total. The van der Waals surface area contributed by atoms with Gasteiger partial charge in [-0.25, -0.2) is 13.6 Å². The molecule has 31 heavy (non-hydrogen) atoms. The average Bonchev–Trinajstić information content (AvgIpc) is 3.12. The van der Waals surface area contributed by atoms with Gasteiger partial charge in [0.05, 0.1) is 25.7 Å². The van der Waals surface area contributed by atoms with E-state index in [-0.39, 0.29) is 25.3 Å². The standard InChI is InChI=1S/C22H28F2N2O5/c1-22(2,3)31-21(29)26-13-15(14-8-16(23)11-17(24)9-14)10-18(26)19(27)12-20(28)25-4-6-30-7-5-25/h8-9,11,15,18H,4-7,10,12-13H2,1-3H3. The molecule has 3 rings (SSSR count). The molecule has 1 aromatic rings. The van der Waals surface area contributed by atoms with Gasteiger partial charge in [-0.2, -0.15) is 0 Å². The number of hydrogen-bond donors (Lipinski definition) is 0. The molecule has 2 amide bonds. The molecule has 0 saturated carbocycles. The summed E-state index contributed by atoms with van der Waals surface area (Å²) in [6.07, 6.45) is -0.880. The van der Waals surface area contributed by atoms with E-state index in [1.54, 1.807) is 25.7 Å². The zero-order valence-electron chi connectivity index (χ0n) is 18.0. The first-order valence-electron chi connectivity index (χ1n) is 10.4. The minimum atomic E-state index is -0.906. The Morgan fingerprint density at radius 2 is 1.71 bits per heavy atom. The zero-order valence-corrected chi connectivity index (χ0v) is 18.0. The van der Waals surface area contributed by atoms with Crippen molar-refractivity contribution >= 4 is 17.8 Å². The second kappa shape index (κ2) is 9.30. The molecule has 0 spiro atoms. The lowest BCUT2D eigenvalue weighted by Crippen LogP contribution is -2.46. The van der Waals surface area contributed by atoms with Crippen LogP contribution in [0.4, 0.5) is 13.6 Å². The predicted octanol–water partition coefficient (Wildman–Crippen LogP) is 2.88. The molecule has 2 atom stereocenters. The Kier molecular flexibility index (Phi) is 6.93. The van der Waals surface area contributed by atoms with Crippen LogP contribution >= 0.6 is 0 Å². The van der Waals surface area contributed by atoms with E-state index in [0.29, 0.717) is 31.9 Å². The number of likely N-dealkylation sites (tertiary alicyclic amines) is 1. The highest BCUT2D eigenvalue weighted by Gasteiger charge is 2.42. The first kappa shape index (κ1) is 23.1. The predicted molar refractivity (Wildman–Crippen MR) is 107 cm³/mol. The lowest BCUT2D eigenvalue weighted by molar-refractivity contribution is -0.139. The molecule has 2 unspecified atom stereocenters. The number of carbonyl (C=O) groups excluding carboxylic acids is 3. The molecule has 0 aromatic heterocycles. The van der Waals surface area contributed by atoms with Gasteiger partial charge in [0, 0.05) is 31.6 Å². The molecular formula is C22H28F2N2O5. The summed E-state index contributed by atoms with van der Waals surface area (Å²) in [5.74, 6) is -2.64. The summed E-state index contributed by atoms with van der Waals surface area (Å²) >= 11 is 0. The average molecular weight is 438 g/mol. The Bertz CT molecular complexity index is 829. The molecule has 2 fully saturated rings. The fraction of sp³-hybridized carbons (Fsp3) is 0.591. The molecule has 170 valence electrons. The number of halogens is 2. The van der Waals surface area contributed by atoms with Crippen molar-refractivity contribution in [2.75, 3.05) is 32.8 Å². The third kappa shape index (κ3) is 6.00. The first-order chi connectivity index (χ1) is 14.5. The van der Waals surface area contributed by atoms with Gasteiger partial charge >= 0.3 is 6.09 Å². The van der Waals surface area contributed by atoms with E-state index in [0.717, 1.165) is 6.07 Å². The number of Topliss-reactive ketones (excluding diaryl/α,β-unsaturated/α-hetero) is 1. The van der Waals surface area contributed by atoms with Crippen LogP contribution in [-0.2, 0) is 19.1 Å². The molecule has 2 saturated heterocycles. The Morgan fingerprint density at radius 1 is 1.10 bits per heavy atom. The van der Waals surface area contributed by atoms with Gasteiger partial charge in [-0.05, 0) is 44.9 Å². The number of hydrogen-bond acceptors (Lipinski definition) is 5. The molecule has 2 aliphatic heterocycles. The van der Waals surface area contributed by atoms with E-state index < -0.39 is 41.1 Å². The van der Waals surface area contributed by atoms with Crippen LogP contribution in [0.5, 0.6) is 0 Å². The van der Waals surface area contributed by atoms with Crippen LogP contribution in [0.2, 0.25) is 0 Å². The van der Waals surface area contributed by atoms with Crippen molar-refractivity contribution in [3.8, 4) is 0 Å². The summed E-state index contributed by atoms with van der Waals surface area (Å²) in [7, 11) is 0. The Labute approximate surface area is 180 Å². The smallest absolute Gasteiger partial charge is 0.410 e. The van der Waals surface area contributed by atoms with Gasteiger partial charge in [0.2, 0.25) is 5.91 Å². The molecule has 2 heterocycles. The highest BCUT2D eigenvalue weighted by atomic mass is 19.1. The lowest BCUT2D eigenvalue weighted by atomic mass is 9.94. The number of nitrogens with zero attached hydrogens (tertiary/aromatic N) is 2. The SMILES string of the molecule is CC(C)(C)OC(=O)N1CC(c2cc(F)cc(F)c2)CC1C(=O)CC(=O)N1CCOCC1. The fourth-order valence-electron chi connectivity index (χ4n) is 3.91. The van der Waals surface area contributed by atoms with Crippen LogP contribution < -0.4 is 0 Å². The van der Waals surface area contributed by atoms with Crippen molar-refractivity contribution in [1.29, 1.82) is 0 Å². The van der Waals surface area contributed by atoms with Gasteiger partial charge in [-0.3, -0.25) is 14.5 Å². The highest BCUT2D eigenvalue weighted by molar-refractivity contribution is 6.01. The van der Waals surface area contributed by atoms with Crippen LogP contribution in [0.3, 0.4) is 0 Å². The minimum Gasteiger partial charge on any atom is -0.444 e. The maximum atomic E-state index is 13.7. The van der Waals surface area contributed by atoms with Gasteiger partial charge in [-0.15, -0.1) is 0 Å². The second-order valence-electron chi connectivity index (χ2n) is 8.92. The Balaban J connectivity index is 1.78. The third-order valence-corrected chi connectivity index (χ3v) is 5.35. The van der Waals surface area contributed by atoms with E-state index >= 15 is 0 Å². The summed E-state index contributed by atoms with van der Waals surface area (Å²) in [5, 5.41) is 0. The van der Waals surface area contributed by atoms with Crippen LogP contribution in [0.1, 0.15) is 45.1 Å². The Hall–Kier alpha value is -2.55. The van der Waals surface area contributed by atoms with Gasteiger partial charge in [0.15, 0.2) is 5.78 Å². The molecule has 0 bridgehead atoms. The van der Waals surface area contributed by atoms with Gasteiger partial charge in [-0.1, -0.05) is 0 Å². The number of ether oxygens (including phenoxy) is 2.